The van der Waals surface area contributed by atoms with Gasteiger partial charge in [0, 0.05) is 75.6 Å². The Hall–Kier alpha value is -5.19. The number of carbonyl (C=O) groups excluding carboxylic acids is 7. The Bertz CT molecular complexity index is 1670. The number of ether oxygens (including phenoxy) is 3. The van der Waals surface area contributed by atoms with Gasteiger partial charge in [0.05, 0.1) is 23.6 Å². The lowest BCUT2D eigenvalue weighted by atomic mass is 9.85. The van der Waals surface area contributed by atoms with Crippen molar-refractivity contribution in [1.29, 1.82) is 0 Å². The molecule has 5 amide bonds. The van der Waals surface area contributed by atoms with Gasteiger partial charge in [-0.1, -0.05) is 38.2 Å². The number of rotatable bonds is 12. The fourth-order valence-electron chi connectivity index (χ4n) is 6.45. The first-order valence-corrected chi connectivity index (χ1v) is 18.2. The first kappa shape index (κ1) is 44.2. The van der Waals surface area contributed by atoms with Gasteiger partial charge in [0.25, 0.3) is 17.7 Å². The number of methoxy groups -OCH3 is 2. The molecule has 16 nitrogen and oxygen atoms in total. The second-order valence-corrected chi connectivity index (χ2v) is 13.8. The minimum atomic E-state index is -1.03. The Labute approximate surface area is 320 Å². The molecule has 2 bridgehead atoms. The maximum atomic E-state index is 13.9. The third-order valence-corrected chi connectivity index (χ3v) is 9.46. The van der Waals surface area contributed by atoms with Gasteiger partial charge in [0.1, 0.15) is 6.10 Å². The highest BCUT2D eigenvalue weighted by Crippen LogP contribution is 2.29. The Kier molecular flexibility index (Phi) is 16.9. The third-order valence-electron chi connectivity index (χ3n) is 9.46. The average Bonchev–Trinajstić information content (AvgIpc) is 3.45. The number of nitrogens with two attached hydrogens (primary N) is 1. The van der Waals surface area contributed by atoms with Gasteiger partial charge in [0.15, 0.2) is 6.10 Å². The molecule has 0 radical (unpaired) electrons. The number of aliphatic hydroxyl groups excluding tert-OH is 1. The normalized spacial score (nSPS) is 28.2. The Morgan fingerprint density at radius 1 is 1.02 bits per heavy atom. The molecule has 1 aliphatic carbocycles. The summed E-state index contributed by atoms with van der Waals surface area (Å²) in [4.78, 5) is 89.2. The zero-order valence-electron chi connectivity index (χ0n) is 32.2. The first-order chi connectivity index (χ1) is 26.1. The van der Waals surface area contributed by atoms with Crippen LogP contribution < -0.4 is 21.7 Å². The number of amides is 5. The van der Waals surface area contributed by atoms with E-state index in [2.05, 4.69) is 16.0 Å². The molecule has 0 fully saturated rings. The molecule has 0 aromatic rings. The van der Waals surface area contributed by atoms with Gasteiger partial charge in [-0.15, -0.1) is 0 Å². The van der Waals surface area contributed by atoms with E-state index in [0.29, 0.717) is 18.4 Å². The summed E-state index contributed by atoms with van der Waals surface area (Å²) in [6, 6.07) is 0. The van der Waals surface area contributed by atoms with Crippen molar-refractivity contribution in [3.63, 3.8) is 0 Å². The minimum Gasteiger partial charge on any atom is -0.439 e. The molecule has 2 heterocycles. The van der Waals surface area contributed by atoms with Gasteiger partial charge in [0.2, 0.25) is 17.5 Å². The van der Waals surface area contributed by atoms with Crippen molar-refractivity contribution in [3.05, 3.63) is 70.6 Å². The maximum Gasteiger partial charge on any atom is 0.405 e. The number of carbonyl (C=O) groups is 7. The molecule has 300 valence electrons. The van der Waals surface area contributed by atoms with E-state index in [-0.39, 0.29) is 73.3 Å². The van der Waals surface area contributed by atoms with Crippen molar-refractivity contribution in [3.8, 4) is 0 Å². The number of hydrogen-bond donors (Lipinski definition) is 5. The zero-order valence-corrected chi connectivity index (χ0v) is 32.2. The number of hydrogen-bond acceptors (Lipinski definition) is 12. The van der Waals surface area contributed by atoms with Crippen LogP contribution >= 0.6 is 0 Å². The lowest BCUT2D eigenvalue weighted by Crippen LogP contribution is -2.38. The summed E-state index contributed by atoms with van der Waals surface area (Å²) < 4.78 is 16.7. The van der Waals surface area contributed by atoms with Crippen LogP contribution in [-0.4, -0.2) is 110 Å². The lowest BCUT2D eigenvalue weighted by Gasteiger charge is -2.30. The predicted octanol–water partition coefficient (Wildman–Crippen LogP) is 1.56. The number of nitrogens with zero attached hydrogens (tertiary/aromatic N) is 1. The summed E-state index contributed by atoms with van der Waals surface area (Å²) in [5.74, 6) is -3.56. The molecular formula is C39H53N5O11. The zero-order chi connectivity index (χ0) is 40.8. The first-order valence-electron chi connectivity index (χ1n) is 18.2. The van der Waals surface area contributed by atoms with Crippen molar-refractivity contribution in [2.45, 2.75) is 84.2 Å². The van der Waals surface area contributed by atoms with Crippen molar-refractivity contribution < 1.29 is 52.9 Å². The van der Waals surface area contributed by atoms with E-state index in [4.69, 9.17) is 19.9 Å². The molecule has 2 aliphatic heterocycles. The SMILES string of the molecule is CO[C@H]1/C=C\C=C(\C)C(=O)NC2=CC(=O)C(NCCCNC(=O)CCCN3C(=O)C=CC3=O)=C(C[C@@H](C)C[C@H](OC)[C@H](O)[C@@H](C)/C=C(/C)[C@@H]1OC(N)=O)C2=O. The summed E-state index contributed by atoms with van der Waals surface area (Å²) in [6.07, 6.45) is 6.42. The molecule has 0 saturated carbocycles. The summed E-state index contributed by atoms with van der Waals surface area (Å²) in [5, 5.41) is 19.8. The topological polar surface area (TPSA) is 233 Å². The number of nitrogens with one attached hydrogen (secondary N) is 3. The van der Waals surface area contributed by atoms with Crippen LogP contribution in [0.5, 0.6) is 0 Å². The number of primary amides is 1. The summed E-state index contributed by atoms with van der Waals surface area (Å²) in [6.45, 7) is 7.49. The summed E-state index contributed by atoms with van der Waals surface area (Å²) in [7, 11) is 2.88. The molecular weight excluding hydrogens is 714 g/mol. The molecule has 0 saturated heterocycles. The van der Waals surface area contributed by atoms with Gasteiger partial charge >= 0.3 is 6.09 Å². The van der Waals surface area contributed by atoms with E-state index in [0.717, 1.165) is 11.0 Å². The van der Waals surface area contributed by atoms with Crippen LogP contribution in [0.3, 0.4) is 0 Å². The maximum absolute atomic E-state index is 13.9. The van der Waals surface area contributed by atoms with Crippen molar-refractivity contribution in [2.24, 2.45) is 17.6 Å². The molecule has 3 rings (SSSR count). The molecule has 0 aromatic carbocycles. The smallest absolute Gasteiger partial charge is 0.405 e. The Balaban J connectivity index is 1.81. The van der Waals surface area contributed by atoms with Gasteiger partial charge in [-0.3, -0.25) is 33.7 Å². The molecule has 0 spiro atoms. The largest absolute Gasteiger partial charge is 0.439 e. The van der Waals surface area contributed by atoms with Crippen molar-refractivity contribution >= 4 is 41.3 Å². The van der Waals surface area contributed by atoms with Crippen LogP contribution in [0.4, 0.5) is 4.79 Å². The summed E-state index contributed by atoms with van der Waals surface area (Å²) in [5.41, 5.74) is 6.15. The number of fused-ring (bicyclic) bond motifs is 2. The molecule has 6 N–H and O–H groups in total. The minimum absolute atomic E-state index is 0.0726. The predicted molar refractivity (Wildman–Crippen MR) is 200 cm³/mol. The van der Waals surface area contributed by atoms with Crippen molar-refractivity contribution in [2.75, 3.05) is 33.9 Å². The van der Waals surface area contributed by atoms with E-state index < -0.39 is 65.7 Å². The van der Waals surface area contributed by atoms with E-state index in [1.807, 2.05) is 6.92 Å². The van der Waals surface area contributed by atoms with Crippen LogP contribution in [0.2, 0.25) is 0 Å². The van der Waals surface area contributed by atoms with Crippen LogP contribution in [0, 0.1) is 11.8 Å². The number of aliphatic hydroxyl groups is 1. The Morgan fingerprint density at radius 2 is 1.71 bits per heavy atom. The summed E-state index contributed by atoms with van der Waals surface area (Å²) >= 11 is 0. The highest BCUT2D eigenvalue weighted by Gasteiger charge is 2.33. The monoisotopic (exact) mass is 767 g/mol. The molecule has 16 heteroatoms. The Morgan fingerprint density at radius 3 is 2.35 bits per heavy atom. The van der Waals surface area contributed by atoms with Crippen LogP contribution in [0.25, 0.3) is 0 Å². The highest BCUT2D eigenvalue weighted by atomic mass is 16.6. The van der Waals surface area contributed by atoms with Crippen LogP contribution in [0.15, 0.2) is 70.6 Å². The van der Waals surface area contributed by atoms with E-state index >= 15 is 0 Å². The quantitative estimate of drug-likeness (QED) is 0.0825. The standard InChI is InChI=1S/C39H53N5O11/c1-22-18-26-34(42-16-9-15-41-31(46)12-8-17-44-32(47)13-14-33(44)48)28(45)21-27(36(26)50)43-38(51)23(2)10-7-11-29(53-5)37(55-39(40)52)25(4)20-24(3)35(49)30(19-22)54-6/h7,10-11,13-14,20-22,24,29-30,35,37,42,49H,8-9,12,15-19H2,1-6H3,(H2,40,52)(H,41,46)(H,43,51)/b11-7-,23-10-,25-20-/t22-,24+,29+,30+,35-,37+/m1/s1. The lowest BCUT2D eigenvalue weighted by molar-refractivity contribution is -0.137. The second kappa shape index (κ2) is 21.0. The van der Waals surface area contributed by atoms with Gasteiger partial charge in [-0.05, 0) is 51.0 Å². The third kappa shape index (κ3) is 12.7. The molecule has 3 aliphatic rings. The number of imide groups is 1. The van der Waals surface area contributed by atoms with Gasteiger partial charge < -0.3 is 41.0 Å². The number of ketones is 2. The van der Waals surface area contributed by atoms with E-state index in [1.165, 1.54) is 45.4 Å². The van der Waals surface area contributed by atoms with Crippen LogP contribution in [-0.2, 0) is 43.0 Å². The molecule has 6 atom stereocenters. The van der Waals surface area contributed by atoms with E-state index in [1.54, 1.807) is 26.0 Å². The molecule has 55 heavy (non-hydrogen) atoms. The average molecular weight is 768 g/mol. The second-order valence-electron chi connectivity index (χ2n) is 13.8. The van der Waals surface area contributed by atoms with Crippen molar-refractivity contribution in [1.82, 2.24) is 20.9 Å². The van der Waals surface area contributed by atoms with E-state index in [9.17, 15) is 38.7 Å². The molecule has 0 aromatic heterocycles. The highest BCUT2D eigenvalue weighted by molar-refractivity contribution is 6.23. The molecule has 0 unspecified atom stereocenters. The number of Topliss-reactive ketones (excluding diaryl/α,β-unsaturated/α-hetero) is 1. The number of allylic oxidation sites excluding steroid dienone is 4. The van der Waals surface area contributed by atoms with Gasteiger partial charge in [-0.2, -0.15) is 0 Å². The fraction of sp³-hybridized carbons (Fsp3) is 0.513. The van der Waals surface area contributed by atoms with Crippen LogP contribution in [0.1, 0.15) is 59.8 Å². The van der Waals surface area contributed by atoms with Gasteiger partial charge in [-0.25, -0.2) is 4.79 Å². The fourth-order valence-corrected chi connectivity index (χ4v) is 6.45.